The number of carbonyl (C=O) groups excluding carboxylic acids is 1. The van der Waals surface area contributed by atoms with E-state index in [-0.39, 0.29) is 0 Å². The lowest BCUT2D eigenvalue weighted by Gasteiger charge is -2.00. The summed E-state index contributed by atoms with van der Waals surface area (Å²) in [5, 5.41) is 0. The van der Waals surface area contributed by atoms with Crippen molar-refractivity contribution in [2.75, 3.05) is 7.05 Å². The van der Waals surface area contributed by atoms with E-state index < -0.39 is 0 Å². The Balaban J connectivity index is 3.26. The molecule has 0 N–H and O–H groups in total. The van der Waals surface area contributed by atoms with Gasteiger partial charge in [0.1, 0.15) is 0 Å². The molecule has 0 aromatic heterocycles. The number of rotatable bonds is 5. The molecule has 1 amide bonds. The van der Waals surface area contributed by atoms with Gasteiger partial charge in [-0.3, -0.25) is 4.79 Å². The highest BCUT2D eigenvalue weighted by Crippen LogP contribution is 1.94. The highest BCUT2D eigenvalue weighted by Gasteiger charge is 1.81. The molecule has 0 rings (SSSR count). The lowest BCUT2D eigenvalue weighted by atomic mass is 10.2. The van der Waals surface area contributed by atoms with Crippen LogP contribution in [-0.4, -0.2) is 18.4 Å². The number of nitrogens with zero attached hydrogens (tertiary/aromatic N) is 1. The molecule has 0 fully saturated rings. The van der Waals surface area contributed by atoms with E-state index in [0.717, 1.165) is 12.8 Å². The van der Waals surface area contributed by atoms with Crippen molar-refractivity contribution in [2.45, 2.75) is 26.2 Å². The molecule has 0 saturated carbocycles. The fourth-order valence-electron chi connectivity index (χ4n) is 0.598. The summed E-state index contributed by atoms with van der Waals surface area (Å²) in [6, 6.07) is 0. The van der Waals surface area contributed by atoms with E-state index in [1.807, 2.05) is 6.08 Å². The van der Waals surface area contributed by atoms with Crippen molar-refractivity contribution in [3.63, 3.8) is 0 Å². The zero-order valence-corrected chi connectivity index (χ0v) is 6.71. The van der Waals surface area contributed by atoms with Gasteiger partial charge in [0.15, 0.2) is 0 Å². The van der Waals surface area contributed by atoms with Gasteiger partial charge in [-0.05, 0) is 6.42 Å². The predicted octanol–water partition coefficient (Wildman–Crippen LogP) is 1.78. The monoisotopic (exact) mass is 141 g/mol. The number of allylic oxidation sites excluding steroid dienone is 1. The zero-order valence-electron chi connectivity index (χ0n) is 6.71. The van der Waals surface area contributed by atoms with Crippen molar-refractivity contribution >= 4 is 6.41 Å². The zero-order chi connectivity index (χ0) is 7.82. The minimum absolute atomic E-state index is 0.794. The number of unbranched alkanes of at least 4 members (excludes halogenated alkanes) is 2. The summed E-state index contributed by atoms with van der Waals surface area (Å²) in [5.74, 6) is 0. The van der Waals surface area contributed by atoms with Crippen molar-refractivity contribution < 1.29 is 4.79 Å². The Morgan fingerprint density at radius 1 is 1.50 bits per heavy atom. The van der Waals surface area contributed by atoms with Gasteiger partial charge in [0.25, 0.3) is 0 Å². The minimum Gasteiger partial charge on any atom is -0.325 e. The van der Waals surface area contributed by atoms with Gasteiger partial charge in [0, 0.05) is 13.2 Å². The van der Waals surface area contributed by atoms with Gasteiger partial charge < -0.3 is 4.90 Å². The third-order valence-corrected chi connectivity index (χ3v) is 1.23. The quantitative estimate of drug-likeness (QED) is 0.422. The molecule has 0 aliphatic heterocycles. The highest BCUT2D eigenvalue weighted by molar-refractivity contribution is 5.48. The second kappa shape index (κ2) is 6.33. The van der Waals surface area contributed by atoms with Gasteiger partial charge in [-0.2, -0.15) is 0 Å². The van der Waals surface area contributed by atoms with Gasteiger partial charge in [-0.25, -0.2) is 0 Å². The van der Waals surface area contributed by atoms with E-state index in [0.29, 0.717) is 0 Å². The van der Waals surface area contributed by atoms with E-state index in [1.54, 1.807) is 13.2 Å². The Morgan fingerprint density at radius 2 is 2.20 bits per heavy atom. The van der Waals surface area contributed by atoms with E-state index in [1.165, 1.54) is 17.7 Å². The maximum atomic E-state index is 10.0. The Bertz CT molecular complexity index is 110. The van der Waals surface area contributed by atoms with E-state index >= 15 is 0 Å². The standard InChI is InChI=1S/C8H15NO/c1-3-4-5-6-7-9(2)8-10/h6-8H,3-5H2,1-2H3. The van der Waals surface area contributed by atoms with Crippen LogP contribution in [0.4, 0.5) is 0 Å². The molecule has 0 atom stereocenters. The molecule has 0 unspecified atom stereocenters. The van der Waals surface area contributed by atoms with Crippen LogP contribution in [0.25, 0.3) is 0 Å². The smallest absolute Gasteiger partial charge is 0.213 e. The molecule has 0 aromatic rings. The molecule has 0 aromatic carbocycles. The van der Waals surface area contributed by atoms with Crippen molar-refractivity contribution in [1.82, 2.24) is 4.90 Å². The largest absolute Gasteiger partial charge is 0.325 e. The lowest BCUT2D eigenvalue weighted by Crippen LogP contribution is -2.05. The summed E-state index contributed by atoms with van der Waals surface area (Å²) < 4.78 is 0. The van der Waals surface area contributed by atoms with Gasteiger partial charge in [-0.1, -0.05) is 25.8 Å². The molecule has 2 heteroatoms. The summed E-state index contributed by atoms with van der Waals surface area (Å²) in [6.07, 6.45) is 8.07. The molecule has 0 bridgehead atoms. The van der Waals surface area contributed by atoms with Crippen LogP contribution in [0.3, 0.4) is 0 Å². The molecule has 0 heterocycles. The number of hydrogen-bond acceptors (Lipinski definition) is 1. The van der Waals surface area contributed by atoms with E-state index in [9.17, 15) is 4.79 Å². The average molecular weight is 141 g/mol. The summed E-state index contributed by atoms with van der Waals surface area (Å²) in [4.78, 5) is 11.6. The van der Waals surface area contributed by atoms with Crippen molar-refractivity contribution in [3.05, 3.63) is 12.3 Å². The van der Waals surface area contributed by atoms with Crippen LogP contribution < -0.4 is 0 Å². The Labute approximate surface area is 62.5 Å². The Hall–Kier alpha value is -0.790. The van der Waals surface area contributed by atoms with Gasteiger partial charge >= 0.3 is 0 Å². The van der Waals surface area contributed by atoms with Crippen LogP contribution in [0.5, 0.6) is 0 Å². The maximum absolute atomic E-state index is 10.0. The molecule has 0 saturated heterocycles. The van der Waals surface area contributed by atoms with Crippen LogP contribution >= 0.6 is 0 Å². The first-order chi connectivity index (χ1) is 4.81. The summed E-state index contributed by atoms with van der Waals surface area (Å²) in [5.41, 5.74) is 0. The molecule has 0 aliphatic rings. The summed E-state index contributed by atoms with van der Waals surface area (Å²) in [7, 11) is 1.73. The Kier molecular flexibility index (Phi) is 5.83. The highest BCUT2D eigenvalue weighted by atomic mass is 16.1. The minimum atomic E-state index is 0.794. The molecular weight excluding hydrogens is 126 g/mol. The van der Waals surface area contributed by atoms with E-state index in [2.05, 4.69) is 6.92 Å². The first-order valence-electron chi connectivity index (χ1n) is 3.65. The normalized spacial score (nSPS) is 10.2. The molecule has 0 radical (unpaired) electrons. The maximum Gasteiger partial charge on any atom is 0.213 e. The van der Waals surface area contributed by atoms with Crippen LogP contribution in [0.2, 0.25) is 0 Å². The topological polar surface area (TPSA) is 20.3 Å². The third-order valence-electron chi connectivity index (χ3n) is 1.23. The van der Waals surface area contributed by atoms with Crippen LogP contribution in [0.1, 0.15) is 26.2 Å². The van der Waals surface area contributed by atoms with Crippen LogP contribution in [0, 0.1) is 0 Å². The average Bonchev–Trinajstić information content (AvgIpc) is 1.98. The first-order valence-corrected chi connectivity index (χ1v) is 3.65. The fourth-order valence-corrected chi connectivity index (χ4v) is 0.598. The fraction of sp³-hybridized carbons (Fsp3) is 0.625. The van der Waals surface area contributed by atoms with Crippen LogP contribution in [0.15, 0.2) is 12.3 Å². The third kappa shape index (κ3) is 5.35. The SMILES string of the molecule is CCCCC=CN(C)C=O. The van der Waals surface area contributed by atoms with Gasteiger partial charge in [0.05, 0.1) is 0 Å². The van der Waals surface area contributed by atoms with Gasteiger partial charge in [-0.15, -0.1) is 0 Å². The number of amides is 1. The first kappa shape index (κ1) is 9.21. The molecule has 0 aliphatic carbocycles. The second-order valence-electron chi connectivity index (χ2n) is 2.30. The second-order valence-corrected chi connectivity index (χ2v) is 2.30. The lowest BCUT2D eigenvalue weighted by molar-refractivity contribution is -0.115. The molecule has 0 spiro atoms. The van der Waals surface area contributed by atoms with Crippen molar-refractivity contribution in [1.29, 1.82) is 0 Å². The molecule has 10 heavy (non-hydrogen) atoms. The Morgan fingerprint density at radius 3 is 2.70 bits per heavy atom. The van der Waals surface area contributed by atoms with Crippen molar-refractivity contribution in [2.24, 2.45) is 0 Å². The van der Waals surface area contributed by atoms with Crippen molar-refractivity contribution in [3.8, 4) is 0 Å². The summed E-state index contributed by atoms with van der Waals surface area (Å²) in [6.45, 7) is 2.15. The van der Waals surface area contributed by atoms with E-state index in [4.69, 9.17) is 0 Å². The molecule has 58 valence electrons. The summed E-state index contributed by atoms with van der Waals surface area (Å²) >= 11 is 0. The number of hydrogen-bond donors (Lipinski definition) is 0. The van der Waals surface area contributed by atoms with Crippen LogP contribution in [-0.2, 0) is 4.79 Å². The molecule has 2 nitrogen and oxygen atoms in total. The predicted molar refractivity (Wildman–Crippen MR) is 42.5 cm³/mol. The van der Waals surface area contributed by atoms with Gasteiger partial charge in [0.2, 0.25) is 6.41 Å². The number of carbonyl (C=O) groups is 1. The molecular formula is C8H15NO.